The summed E-state index contributed by atoms with van der Waals surface area (Å²) in [6.07, 6.45) is 1.47. The number of nitrogens with two attached hydrogens (primary N) is 1. The van der Waals surface area contributed by atoms with Gasteiger partial charge < -0.3 is 5.73 Å². The van der Waals surface area contributed by atoms with E-state index in [0.717, 1.165) is 0 Å². The Kier molecular flexibility index (Phi) is 4.81. The van der Waals surface area contributed by atoms with Crippen LogP contribution >= 0.6 is 11.6 Å². The molecule has 1 aromatic heterocycles. The van der Waals surface area contributed by atoms with E-state index < -0.39 is 10.0 Å². The van der Waals surface area contributed by atoms with Gasteiger partial charge in [0.05, 0.1) is 11.4 Å². The van der Waals surface area contributed by atoms with Gasteiger partial charge in [-0.2, -0.15) is 0 Å². The van der Waals surface area contributed by atoms with Crippen LogP contribution in [-0.4, -0.2) is 19.9 Å². The number of pyridine rings is 1. The molecule has 0 aliphatic heterocycles. The van der Waals surface area contributed by atoms with E-state index >= 15 is 0 Å². The number of nitrogens with zero attached hydrogens (tertiary/aromatic N) is 1. The monoisotopic (exact) mass is 321 g/mol. The summed E-state index contributed by atoms with van der Waals surface area (Å²) < 4.78 is 26.8. The van der Waals surface area contributed by atoms with E-state index in [2.05, 4.69) is 21.5 Å². The van der Waals surface area contributed by atoms with Gasteiger partial charge in [0.15, 0.2) is 0 Å². The summed E-state index contributed by atoms with van der Waals surface area (Å²) in [4.78, 5) is 4.02. The fourth-order valence-electron chi connectivity index (χ4n) is 1.55. The summed E-state index contributed by atoms with van der Waals surface area (Å²) in [5, 5.41) is 0.341. The SMILES string of the molecule is NCC#Cc1ccnc(NS(=O)(=O)c2cccc(Cl)c2)c1. The zero-order chi connectivity index (χ0) is 15.3. The Bertz CT molecular complexity index is 810. The van der Waals surface area contributed by atoms with E-state index in [1.165, 1.54) is 24.4 Å². The van der Waals surface area contributed by atoms with Crippen molar-refractivity contribution in [1.29, 1.82) is 0 Å². The molecular formula is C14H12ClN3O2S. The largest absolute Gasteiger partial charge is 0.320 e. The van der Waals surface area contributed by atoms with Crippen LogP contribution < -0.4 is 10.5 Å². The molecule has 0 aliphatic carbocycles. The standard InChI is InChI=1S/C14H12ClN3O2S/c15-12-4-1-5-13(10-12)21(19,20)18-14-9-11(3-2-7-16)6-8-17-14/h1,4-6,8-10H,7,16H2,(H,17,18). The van der Waals surface area contributed by atoms with Crippen LogP contribution in [0.15, 0.2) is 47.5 Å². The average molecular weight is 322 g/mol. The number of nitrogens with one attached hydrogen (secondary N) is 1. The number of hydrogen-bond donors (Lipinski definition) is 2. The topological polar surface area (TPSA) is 85.1 Å². The number of aromatic nitrogens is 1. The zero-order valence-corrected chi connectivity index (χ0v) is 12.4. The van der Waals surface area contributed by atoms with Gasteiger partial charge in [0.1, 0.15) is 5.82 Å². The molecule has 0 aliphatic rings. The number of rotatable bonds is 3. The van der Waals surface area contributed by atoms with Crippen LogP contribution in [-0.2, 0) is 10.0 Å². The average Bonchev–Trinajstić information content (AvgIpc) is 2.45. The second-order valence-corrected chi connectivity index (χ2v) is 6.12. The fourth-order valence-corrected chi connectivity index (χ4v) is 2.85. The lowest BCUT2D eigenvalue weighted by atomic mass is 10.2. The molecule has 21 heavy (non-hydrogen) atoms. The van der Waals surface area contributed by atoms with Gasteiger partial charge in [-0.15, -0.1) is 0 Å². The minimum absolute atomic E-state index is 0.0650. The first-order valence-corrected chi connectivity index (χ1v) is 7.81. The van der Waals surface area contributed by atoms with Crippen LogP contribution in [0.2, 0.25) is 5.02 Å². The Balaban J connectivity index is 2.29. The van der Waals surface area contributed by atoms with Crippen LogP contribution in [0.1, 0.15) is 5.56 Å². The number of anilines is 1. The molecule has 1 aromatic carbocycles. The third kappa shape index (κ3) is 4.20. The molecule has 2 aromatic rings. The van der Waals surface area contributed by atoms with E-state index in [4.69, 9.17) is 17.3 Å². The summed E-state index contributed by atoms with van der Waals surface area (Å²) in [7, 11) is -3.74. The van der Waals surface area contributed by atoms with Crippen LogP contribution in [0.4, 0.5) is 5.82 Å². The third-order valence-corrected chi connectivity index (χ3v) is 4.03. The first-order valence-electron chi connectivity index (χ1n) is 5.94. The van der Waals surface area contributed by atoms with Crippen molar-refractivity contribution in [2.45, 2.75) is 4.90 Å². The normalized spacial score (nSPS) is 10.6. The van der Waals surface area contributed by atoms with Gasteiger partial charge in [-0.3, -0.25) is 4.72 Å². The maximum Gasteiger partial charge on any atom is 0.263 e. The molecule has 0 saturated carbocycles. The first-order chi connectivity index (χ1) is 10.0. The van der Waals surface area contributed by atoms with Crippen molar-refractivity contribution in [3.63, 3.8) is 0 Å². The van der Waals surface area contributed by atoms with Crippen molar-refractivity contribution in [3.8, 4) is 11.8 Å². The molecule has 2 rings (SSSR count). The Labute approximate surface area is 128 Å². The predicted octanol–water partition coefficient (Wildman–Crippen LogP) is 1.85. The highest BCUT2D eigenvalue weighted by Gasteiger charge is 2.15. The molecular weight excluding hydrogens is 310 g/mol. The summed E-state index contributed by atoms with van der Waals surface area (Å²) in [5.41, 5.74) is 5.92. The smallest absolute Gasteiger partial charge is 0.263 e. The molecule has 0 amide bonds. The van der Waals surface area contributed by atoms with Gasteiger partial charge in [0, 0.05) is 16.8 Å². The van der Waals surface area contributed by atoms with Gasteiger partial charge in [-0.1, -0.05) is 29.5 Å². The second-order valence-electron chi connectivity index (χ2n) is 4.00. The van der Waals surface area contributed by atoms with E-state index in [0.29, 0.717) is 10.6 Å². The maximum absolute atomic E-state index is 12.2. The molecule has 0 unspecified atom stereocenters. The second kappa shape index (κ2) is 6.59. The summed E-state index contributed by atoms with van der Waals surface area (Å²) in [6, 6.07) is 9.17. The van der Waals surface area contributed by atoms with Crippen LogP contribution in [0.5, 0.6) is 0 Å². The lowest BCUT2D eigenvalue weighted by Gasteiger charge is -2.07. The van der Waals surface area contributed by atoms with Crippen LogP contribution in [0.25, 0.3) is 0 Å². The Morgan fingerprint density at radius 3 is 2.81 bits per heavy atom. The minimum Gasteiger partial charge on any atom is -0.320 e. The number of hydrogen-bond acceptors (Lipinski definition) is 4. The van der Waals surface area contributed by atoms with Gasteiger partial charge in [-0.25, -0.2) is 13.4 Å². The van der Waals surface area contributed by atoms with Crippen molar-refractivity contribution in [3.05, 3.63) is 53.2 Å². The van der Waals surface area contributed by atoms with Gasteiger partial charge in [0.2, 0.25) is 0 Å². The zero-order valence-electron chi connectivity index (χ0n) is 10.9. The molecule has 5 nitrogen and oxygen atoms in total. The van der Waals surface area contributed by atoms with E-state index in [9.17, 15) is 8.42 Å². The highest BCUT2D eigenvalue weighted by atomic mass is 35.5. The summed E-state index contributed by atoms with van der Waals surface area (Å²) in [6.45, 7) is 0.228. The first kappa shape index (κ1) is 15.3. The van der Waals surface area contributed by atoms with Gasteiger partial charge in [-0.05, 0) is 30.3 Å². The van der Waals surface area contributed by atoms with Crippen LogP contribution in [0.3, 0.4) is 0 Å². The highest BCUT2D eigenvalue weighted by molar-refractivity contribution is 7.92. The maximum atomic E-state index is 12.2. The summed E-state index contributed by atoms with van der Waals surface area (Å²) in [5.74, 6) is 5.68. The lowest BCUT2D eigenvalue weighted by Crippen LogP contribution is -2.13. The van der Waals surface area contributed by atoms with Crippen molar-refractivity contribution in [2.75, 3.05) is 11.3 Å². The lowest BCUT2D eigenvalue weighted by molar-refractivity contribution is 0.601. The molecule has 0 fully saturated rings. The van der Waals surface area contributed by atoms with Crippen molar-refractivity contribution in [1.82, 2.24) is 4.98 Å². The third-order valence-electron chi connectivity index (χ3n) is 2.44. The molecule has 108 valence electrons. The highest BCUT2D eigenvalue weighted by Crippen LogP contribution is 2.18. The molecule has 1 heterocycles. The molecule has 3 N–H and O–H groups in total. The number of halogens is 1. The van der Waals surface area contributed by atoms with Crippen molar-refractivity contribution < 1.29 is 8.42 Å². The van der Waals surface area contributed by atoms with Crippen molar-refractivity contribution in [2.24, 2.45) is 5.73 Å². The quantitative estimate of drug-likeness (QED) is 0.845. The van der Waals surface area contributed by atoms with E-state index in [1.54, 1.807) is 18.2 Å². The van der Waals surface area contributed by atoms with Gasteiger partial charge >= 0.3 is 0 Å². The molecule has 0 atom stereocenters. The van der Waals surface area contributed by atoms with E-state index in [1.807, 2.05) is 0 Å². The Hall–Kier alpha value is -2.07. The van der Waals surface area contributed by atoms with E-state index in [-0.39, 0.29) is 17.3 Å². The number of sulfonamides is 1. The molecule has 0 radical (unpaired) electrons. The molecule has 0 saturated heterocycles. The summed E-state index contributed by atoms with van der Waals surface area (Å²) >= 11 is 5.80. The fraction of sp³-hybridized carbons (Fsp3) is 0.0714. The number of benzene rings is 1. The molecule has 0 spiro atoms. The molecule has 7 heteroatoms. The van der Waals surface area contributed by atoms with Crippen LogP contribution in [0, 0.1) is 11.8 Å². The minimum atomic E-state index is -3.74. The Morgan fingerprint density at radius 2 is 2.10 bits per heavy atom. The Morgan fingerprint density at radius 1 is 1.29 bits per heavy atom. The predicted molar refractivity (Wildman–Crippen MR) is 82.4 cm³/mol. The molecule has 0 bridgehead atoms. The van der Waals surface area contributed by atoms with Gasteiger partial charge in [0.25, 0.3) is 10.0 Å². The van der Waals surface area contributed by atoms with Crippen molar-refractivity contribution >= 4 is 27.4 Å².